The van der Waals surface area contributed by atoms with Gasteiger partial charge in [-0.1, -0.05) is 48.6 Å². The number of halogens is 3. The summed E-state index contributed by atoms with van der Waals surface area (Å²) in [5, 5.41) is 4.51. The van der Waals surface area contributed by atoms with Gasteiger partial charge in [0.1, 0.15) is 0 Å². The second-order valence-electron chi connectivity index (χ2n) is 8.36. The first-order valence-electron chi connectivity index (χ1n) is 11.3. The number of nitrogens with zero attached hydrogens (tertiary/aromatic N) is 1. The third kappa shape index (κ3) is 6.86. The molecule has 0 unspecified atom stereocenters. The summed E-state index contributed by atoms with van der Waals surface area (Å²) in [6.07, 6.45) is 4.28. The highest BCUT2D eigenvalue weighted by Crippen LogP contribution is 2.32. The van der Waals surface area contributed by atoms with Crippen LogP contribution in [0.25, 0.3) is 16.3 Å². The number of anilines is 2. The molecule has 194 valence electrons. The zero-order valence-corrected chi connectivity index (χ0v) is 20.8. The first-order chi connectivity index (χ1) is 18.0. The average Bonchev–Trinajstić information content (AvgIpc) is 2.86. The number of rotatable bonds is 7. The van der Waals surface area contributed by atoms with Gasteiger partial charge in [-0.15, -0.1) is 0 Å². The summed E-state index contributed by atoms with van der Waals surface area (Å²) in [5.41, 5.74) is 1.78. The lowest BCUT2D eigenvalue weighted by atomic mass is 9.96. The molecule has 6 nitrogen and oxygen atoms in total. The van der Waals surface area contributed by atoms with E-state index in [9.17, 15) is 26.4 Å². The van der Waals surface area contributed by atoms with Crippen LogP contribution in [0.15, 0.2) is 103 Å². The molecule has 10 heteroatoms. The maximum atomic E-state index is 13.1. The molecule has 0 spiro atoms. The Labute approximate surface area is 217 Å². The number of nitrogens with one attached hydrogen (secondary N) is 2. The summed E-state index contributed by atoms with van der Waals surface area (Å²) in [5.74, 6) is -0.398. The Balaban J connectivity index is 1.63. The molecule has 0 fully saturated rings. The van der Waals surface area contributed by atoms with Crippen LogP contribution in [0.2, 0.25) is 0 Å². The Bertz CT molecular complexity index is 1620. The van der Waals surface area contributed by atoms with Gasteiger partial charge in [0.25, 0.3) is 0 Å². The summed E-state index contributed by atoms with van der Waals surface area (Å²) in [4.78, 5) is 16.7. The lowest BCUT2D eigenvalue weighted by molar-refractivity contribution is -0.137. The van der Waals surface area contributed by atoms with Gasteiger partial charge in [-0.05, 0) is 53.1 Å². The number of benzene rings is 3. The number of aromatic nitrogens is 1. The van der Waals surface area contributed by atoms with Crippen LogP contribution >= 0.6 is 0 Å². The van der Waals surface area contributed by atoms with Crippen LogP contribution in [-0.2, 0) is 21.0 Å². The van der Waals surface area contributed by atoms with Crippen molar-refractivity contribution < 1.29 is 26.4 Å². The van der Waals surface area contributed by atoms with Crippen LogP contribution in [0.5, 0.6) is 0 Å². The van der Waals surface area contributed by atoms with E-state index in [2.05, 4.69) is 15.0 Å². The molecule has 0 aliphatic rings. The summed E-state index contributed by atoms with van der Waals surface area (Å²) in [6.45, 7) is 0. The highest BCUT2D eigenvalue weighted by Gasteiger charge is 2.30. The molecule has 0 atom stereocenters. The maximum absolute atomic E-state index is 13.1. The molecule has 1 heterocycles. The first kappa shape index (κ1) is 26.6. The molecule has 0 aliphatic carbocycles. The molecule has 38 heavy (non-hydrogen) atoms. The predicted molar refractivity (Wildman–Crippen MR) is 143 cm³/mol. The van der Waals surface area contributed by atoms with E-state index in [0.29, 0.717) is 28.1 Å². The summed E-state index contributed by atoms with van der Waals surface area (Å²) < 4.78 is 64.5. The molecule has 4 aromatic rings. The average molecular weight is 538 g/mol. The second-order valence-corrected chi connectivity index (χ2v) is 10.1. The minimum absolute atomic E-state index is 0.336. The van der Waals surface area contributed by atoms with Crippen LogP contribution in [0.1, 0.15) is 16.7 Å². The lowest BCUT2D eigenvalue weighted by Gasteiger charge is -2.12. The van der Waals surface area contributed by atoms with E-state index in [-0.39, 0.29) is 0 Å². The van der Waals surface area contributed by atoms with E-state index in [0.717, 1.165) is 29.2 Å². The van der Waals surface area contributed by atoms with Gasteiger partial charge < -0.3 is 5.32 Å². The number of hydrogen-bond donors (Lipinski definition) is 2. The Morgan fingerprint density at radius 1 is 0.921 bits per heavy atom. The molecule has 4 rings (SSSR count). The zero-order valence-electron chi connectivity index (χ0n) is 20.0. The molecule has 1 amide bonds. The van der Waals surface area contributed by atoms with Crippen molar-refractivity contribution in [3.05, 3.63) is 120 Å². The van der Waals surface area contributed by atoms with E-state index in [1.54, 1.807) is 60.9 Å². The standard InChI is InChI=1S/C28H22F3N3O3S/c1-38(36,37)34-23-14-10-20(11-15-23)24(19-8-12-22(13-9-19)28(29,30)31)5-3-7-27(35)33-26-6-2-4-21-18-32-17-16-25(21)26/h2-18,34H,1H3,(H,33,35)/b7-3+,24-5-. The topological polar surface area (TPSA) is 88.2 Å². The molecule has 1 aromatic heterocycles. The number of fused-ring (bicyclic) bond motifs is 1. The normalized spacial score (nSPS) is 12.6. The smallest absolute Gasteiger partial charge is 0.322 e. The molecule has 0 aliphatic heterocycles. The van der Waals surface area contributed by atoms with Gasteiger partial charge in [-0.2, -0.15) is 13.2 Å². The third-order valence-corrected chi connectivity index (χ3v) is 6.08. The molecule has 0 radical (unpaired) electrons. The quantitative estimate of drug-likeness (QED) is 0.215. The number of hydrogen-bond acceptors (Lipinski definition) is 4. The van der Waals surface area contributed by atoms with Crippen molar-refractivity contribution in [2.45, 2.75) is 6.18 Å². The fourth-order valence-corrected chi connectivity index (χ4v) is 4.33. The van der Waals surface area contributed by atoms with Gasteiger partial charge in [0.2, 0.25) is 15.9 Å². The Kier molecular flexibility index (Phi) is 7.63. The minimum atomic E-state index is -4.48. The van der Waals surface area contributed by atoms with E-state index >= 15 is 0 Å². The third-order valence-electron chi connectivity index (χ3n) is 5.47. The minimum Gasteiger partial charge on any atom is -0.322 e. The van der Waals surface area contributed by atoms with Crippen LogP contribution in [0, 0.1) is 0 Å². The van der Waals surface area contributed by atoms with Gasteiger partial charge >= 0.3 is 6.18 Å². The number of allylic oxidation sites excluding steroid dienone is 2. The van der Waals surface area contributed by atoms with Crippen molar-refractivity contribution in [1.29, 1.82) is 0 Å². The van der Waals surface area contributed by atoms with Gasteiger partial charge in [0, 0.05) is 40.6 Å². The van der Waals surface area contributed by atoms with Crippen molar-refractivity contribution in [2.75, 3.05) is 16.3 Å². The predicted octanol–water partition coefficient (Wildman–Crippen LogP) is 6.25. The monoisotopic (exact) mass is 537 g/mol. The number of pyridine rings is 1. The van der Waals surface area contributed by atoms with Gasteiger partial charge in [-0.25, -0.2) is 8.42 Å². The van der Waals surface area contributed by atoms with Crippen molar-refractivity contribution in [1.82, 2.24) is 4.98 Å². The fraction of sp³-hybridized carbons (Fsp3) is 0.0714. The summed E-state index contributed by atoms with van der Waals surface area (Å²) in [7, 11) is -3.47. The van der Waals surface area contributed by atoms with Crippen molar-refractivity contribution >= 4 is 43.7 Å². The Morgan fingerprint density at radius 2 is 1.58 bits per heavy atom. The van der Waals surface area contributed by atoms with Crippen LogP contribution in [0.4, 0.5) is 24.5 Å². The van der Waals surface area contributed by atoms with E-state index in [1.165, 1.54) is 24.3 Å². The van der Waals surface area contributed by atoms with Gasteiger partial charge in [0.05, 0.1) is 11.8 Å². The first-order valence-corrected chi connectivity index (χ1v) is 13.2. The molecule has 0 saturated heterocycles. The van der Waals surface area contributed by atoms with E-state index < -0.39 is 27.7 Å². The molecule has 3 aromatic carbocycles. The van der Waals surface area contributed by atoms with Gasteiger partial charge in [0.15, 0.2) is 0 Å². The molecular weight excluding hydrogens is 515 g/mol. The van der Waals surface area contributed by atoms with Crippen molar-refractivity contribution in [3.8, 4) is 0 Å². The zero-order chi connectivity index (χ0) is 27.3. The maximum Gasteiger partial charge on any atom is 0.416 e. The number of carbonyl (C=O) groups is 1. The second kappa shape index (κ2) is 10.9. The van der Waals surface area contributed by atoms with E-state index in [4.69, 9.17) is 0 Å². The van der Waals surface area contributed by atoms with E-state index in [1.807, 2.05) is 6.07 Å². The van der Waals surface area contributed by atoms with Gasteiger partial charge in [-0.3, -0.25) is 14.5 Å². The molecule has 0 bridgehead atoms. The summed E-state index contributed by atoms with van der Waals surface area (Å²) >= 11 is 0. The highest BCUT2D eigenvalue weighted by molar-refractivity contribution is 7.92. The molecule has 0 saturated carbocycles. The number of amides is 1. The Hall–Kier alpha value is -4.44. The van der Waals surface area contributed by atoms with Crippen LogP contribution in [0.3, 0.4) is 0 Å². The highest BCUT2D eigenvalue weighted by atomic mass is 32.2. The largest absolute Gasteiger partial charge is 0.416 e. The number of alkyl halides is 3. The summed E-state index contributed by atoms with van der Waals surface area (Å²) in [6, 6.07) is 18.2. The lowest BCUT2D eigenvalue weighted by Crippen LogP contribution is -2.09. The fourth-order valence-electron chi connectivity index (χ4n) is 3.77. The van der Waals surface area contributed by atoms with Crippen LogP contribution < -0.4 is 10.0 Å². The van der Waals surface area contributed by atoms with Crippen LogP contribution in [-0.4, -0.2) is 25.6 Å². The molecule has 2 N–H and O–H groups in total. The number of sulfonamides is 1. The SMILES string of the molecule is CS(=O)(=O)Nc1ccc(/C(=C\C=C\C(=O)Nc2cccc3cnccc23)c2ccc(C(F)(F)F)cc2)cc1. The van der Waals surface area contributed by atoms with Crippen molar-refractivity contribution in [2.24, 2.45) is 0 Å². The van der Waals surface area contributed by atoms with Crippen molar-refractivity contribution in [3.63, 3.8) is 0 Å². The molecular formula is C28H22F3N3O3S. The Morgan fingerprint density at radius 3 is 2.21 bits per heavy atom. The number of carbonyl (C=O) groups excluding carboxylic acids is 1.